The van der Waals surface area contributed by atoms with Gasteiger partial charge in [0, 0.05) is 28.0 Å². The minimum absolute atomic E-state index is 1.06. The molecular weight excluding hydrogens is 260 g/mol. The second-order valence-corrected chi connectivity index (χ2v) is 5.10. The number of pyridine rings is 1. The highest BCUT2D eigenvalue weighted by Gasteiger charge is 2.07. The summed E-state index contributed by atoms with van der Waals surface area (Å²) in [6.45, 7) is 4.19. The summed E-state index contributed by atoms with van der Waals surface area (Å²) in [5.41, 5.74) is 2.29. The molecule has 2 rings (SSSR count). The van der Waals surface area contributed by atoms with Crippen molar-refractivity contribution in [1.29, 1.82) is 0 Å². The van der Waals surface area contributed by atoms with E-state index in [9.17, 15) is 0 Å². The van der Waals surface area contributed by atoms with Crippen LogP contribution in [0.3, 0.4) is 0 Å². The van der Waals surface area contributed by atoms with Gasteiger partial charge in [0.2, 0.25) is 0 Å². The molecule has 74 valence electrons. The number of hydrogen-bond acceptors (Lipinski definition) is 2. The van der Waals surface area contributed by atoms with E-state index < -0.39 is 0 Å². The van der Waals surface area contributed by atoms with Gasteiger partial charge in [0.1, 0.15) is 0 Å². The molecule has 0 unspecified atom stereocenters. The van der Waals surface area contributed by atoms with E-state index in [0.29, 0.717) is 0 Å². The van der Waals surface area contributed by atoms with Crippen LogP contribution in [0, 0.1) is 6.92 Å². The Balaban J connectivity index is 2.70. The average molecular weight is 271 g/mol. The number of halogens is 1. The fraction of sp³-hybridized carbons (Fsp3) is 0.300. The predicted molar refractivity (Wildman–Crippen MR) is 65.7 cm³/mol. The van der Waals surface area contributed by atoms with Gasteiger partial charge >= 0.3 is 0 Å². The smallest absolute Gasteiger partial charge is 0.0815 e. The van der Waals surface area contributed by atoms with Gasteiger partial charge in [-0.3, -0.25) is 8.96 Å². The summed E-state index contributed by atoms with van der Waals surface area (Å²) in [5.74, 6) is 1.07. The molecule has 0 atom stereocenters. The molecule has 2 aromatic heterocycles. The highest BCUT2D eigenvalue weighted by molar-refractivity contribution is 9.10. The molecule has 2 heterocycles. The van der Waals surface area contributed by atoms with Crippen LogP contribution in [0.1, 0.15) is 12.6 Å². The molecule has 0 aliphatic heterocycles. The largest absolute Gasteiger partial charge is 0.289 e. The van der Waals surface area contributed by atoms with Gasteiger partial charge in [-0.15, -0.1) is 0 Å². The Bertz CT molecular complexity index is 464. The highest BCUT2D eigenvalue weighted by atomic mass is 79.9. The molecular formula is C10H11BrN2S. The standard InChI is InChI=1S/C10H11BrN2S/c1-3-14-13-5-4-8-9(11)6-12-7(2)10(8)13/h4-6H,3H2,1-2H3. The third kappa shape index (κ3) is 1.57. The number of fused-ring (bicyclic) bond motifs is 1. The van der Waals surface area contributed by atoms with Crippen LogP contribution in [0.5, 0.6) is 0 Å². The molecule has 0 amide bonds. The van der Waals surface area contributed by atoms with Crippen LogP contribution >= 0.6 is 27.9 Å². The first-order valence-corrected chi connectivity index (χ1v) is 6.23. The summed E-state index contributed by atoms with van der Waals surface area (Å²) in [6, 6.07) is 2.12. The molecule has 2 aromatic rings. The van der Waals surface area contributed by atoms with E-state index in [-0.39, 0.29) is 0 Å². The highest BCUT2D eigenvalue weighted by Crippen LogP contribution is 2.28. The number of aryl methyl sites for hydroxylation is 1. The minimum atomic E-state index is 1.06. The third-order valence-electron chi connectivity index (χ3n) is 2.09. The molecule has 0 aliphatic carbocycles. The van der Waals surface area contributed by atoms with Crippen LogP contribution in [0.25, 0.3) is 10.9 Å². The van der Waals surface area contributed by atoms with Crippen LogP contribution < -0.4 is 0 Å². The minimum Gasteiger partial charge on any atom is -0.289 e. The fourth-order valence-corrected chi connectivity index (χ4v) is 2.70. The van der Waals surface area contributed by atoms with Gasteiger partial charge in [-0.1, -0.05) is 6.92 Å². The first-order valence-electron chi connectivity index (χ1n) is 4.49. The summed E-state index contributed by atoms with van der Waals surface area (Å²) in [7, 11) is 0. The molecule has 0 aromatic carbocycles. The summed E-state index contributed by atoms with van der Waals surface area (Å²) in [4.78, 5) is 4.34. The zero-order valence-electron chi connectivity index (χ0n) is 8.12. The molecule has 0 radical (unpaired) electrons. The van der Waals surface area contributed by atoms with E-state index in [0.717, 1.165) is 15.9 Å². The molecule has 0 bridgehead atoms. The average Bonchev–Trinajstić information content (AvgIpc) is 2.58. The van der Waals surface area contributed by atoms with Crippen molar-refractivity contribution in [1.82, 2.24) is 8.96 Å². The Hall–Kier alpha value is -0.480. The zero-order chi connectivity index (χ0) is 10.1. The van der Waals surface area contributed by atoms with Crippen LogP contribution in [0.2, 0.25) is 0 Å². The maximum atomic E-state index is 4.34. The molecule has 0 saturated heterocycles. The second kappa shape index (κ2) is 3.95. The van der Waals surface area contributed by atoms with Crippen molar-refractivity contribution in [3.05, 3.63) is 28.6 Å². The molecule has 4 heteroatoms. The molecule has 0 spiro atoms. The summed E-state index contributed by atoms with van der Waals surface area (Å²) in [6.07, 6.45) is 3.96. The molecule has 0 aliphatic rings. The van der Waals surface area contributed by atoms with Crippen molar-refractivity contribution in [2.45, 2.75) is 13.8 Å². The Morgan fingerprint density at radius 3 is 3.07 bits per heavy atom. The molecule has 14 heavy (non-hydrogen) atoms. The van der Waals surface area contributed by atoms with E-state index in [1.54, 1.807) is 11.9 Å². The Kier molecular flexibility index (Phi) is 2.83. The summed E-state index contributed by atoms with van der Waals surface area (Å²) >= 11 is 5.30. The topological polar surface area (TPSA) is 17.8 Å². The van der Waals surface area contributed by atoms with Crippen molar-refractivity contribution in [3.8, 4) is 0 Å². The van der Waals surface area contributed by atoms with Crippen molar-refractivity contribution < 1.29 is 0 Å². The van der Waals surface area contributed by atoms with Gasteiger partial charge in [-0.05, 0) is 40.9 Å². The van der Waals surface area contributed by atoms with E-state index in [4.69, 9.17) is 0 Å². The Morgan fingerprint density at radius 1 is 1.57 bits per heavy atom. The van der Waals surface area contributed by atoms with E-state index >= 15 is 0 Å². The van der Waals surface area contributed by atoms with Gasteiger partial charge < -0.3 is 0 Å². The van der Waals surface area contributed by atoms with Gasteiger partial charge in [0.05, 0.1) is 11.2 Å². The molecule has 0 saturated carbocycles. The number of rotatable bonds is 2. The molecule has 0 N–H and O–H groups in total. The second-order valence-electron chi connectivity index (χ2n) is 3.01. The molecule has 2 nitrogen and oxygen atoms in total. The van der Waals surface area contributed by atoms with Crippen LogP contribution in [0.15, 0.2) is 22.9 Å². The number of nitrogens with zero attached hydrogens (tertiary/aromatic N) is 2. The van der Waals surface area contributed by atoms with Crippen LogP contribution in [-0.2, 0) is 0 Å². The third-order valence-corrected chi connectivity index (χ3v) is 3.56. The predicted octanol–water partition coefficient (Wildman–Crippen LogP) is 3.62. The maximum absolute atomic E-state index is 4.34. The normalized spacial score (nSPS) is 11.1. The molecule has 0 fully saturated rings. The van der Waals surface area contributed by atoms with E-state index in [2.05, 4.69) is 44.1 Å². The van der Waals surface area contributed by atoms with Crippen molar-refractivity contribution in [2.75, 3.05) is 5.75 Å². The quantitative estimate of drug-likeness (QED) is 0.830. The van der Waals surface area contributed by atoms with Gasteiger partial charge in [0.15, 0.2) is 0 Å². The lowest BCUT2D eigenvalue weighted by Crippen LogP contribution is -1.90. The van der Waals surface area contributed by atoms with E-state index in [1.807, 2.05) is 13.1 Å². The lowest BCUT2D eigenvalue weighted by molar-refractivity contribution is 1.19. The SMILES string of the molecule is CCSn1ccc2c(Br)cnc(C)c21. The van der Waals surface area contributed by atoms with Gasteiger partial charge in [-0.2, -0.15) is 0 Å². The first-order chi connectivity index (χ1) is 6.74. The maximum Gasteiger partial charge on any atom is 0.0815 e. The Morgan fingerprint density at radius 2 is 2.36 bits per heavy atom. The zero-order valence-corrected chi connectivity index (χ0v) is 10.5. The lowest BCUT2D eigenvalue weighted by Gasteiger charge is -2.04. The van der Waals surface area contributed by atoms with Crippen molar-refractivity contribution in [2.24, 2.45) is 0 Å². The summed E-state index contributed by atoms with van der Waals surface area (Å²) in [5, 5.41) is 1.23. The number of hydrogen-bond donors (Lipinski definition) is 0. The first kappa shape index (κ1) is 10.1. The van der Waals surface area contributed by atoms with Gasteiger partial charge in [0.25, 0.3) is 0 Å². The van der Waals surface area contributed by atoms with Crippen molar-refractivity contribution >= 4 is 38.8 Å². The Labute approximate surface area is 96.0 Å². The van der Waals surface area contributed by atoms with Crippen LogP contribution in [-0.4, -0.2) is 14.7 Å². The van der Waals surface area contributed by atoms with E-state index in [1.165, 1.54) is 10.9 Å². The van der Waals surface area contributed by atoms with Gasteiger partial charge in [-0.25, -0.2) is 0 Å². The monoisotopic (exact) mass is 270 g/mol. The van der Waals surface area contributed by atoms with Crippen LogP contribution in [0.4, 0.5) is 0 Å². The summed E-state index contributed by atoms with van der Waals surface area (Å²) < 4.78 is 3.25. The fourth-order valence-electron chi connectivity index (χ4n) is 1.49. The number of aromatic nitrogens is 2. The lowest BCUT2D eigenvalue weighted by atomic mass is 10.3. The van der Waals surface area contributed by atoms with Crippen molar-refractivity contribution in [3.63, 3.8) is 0 Å².